The first kappa shape index (κ1) is 16.8. The van der Waals surface area contributed by atoms with Crippen LogP contribution in [-0.4, -0.2) is 27.9 Å². The molecule has 0 N–H and O–H groups in total. The maximum Gasteiger partial charge on any atom is 0.277 e. The second-order valence-electron chi connectivity index (χ2n) is 6.09. The molecular formula is C19H16FN3O2S. The van der Waals surface area contributed by atoms with Gasteiger partial charge < -0.3 is 9.32 Å². The van der Waals surface area contributed by atoms with Crippen molar-refractivity contribution < 1.29 is 13.6 Å². The molecule has 1 unspecified atom stereocenters. The van der Waals surface area contributed by atoms with Gasteiger partial charge in [0, 0.05) is 11.7 Å². The summed E-state index contributed by atoms with van der Waals surface area (Å²) >= 11 is 1.16. The molecule has 0 spiro atoms. The van der Waals surface area contributed by atoms with Gasteiger partial charge in [-0.1, -0.05) is 42.1 Å². The maximum atomic E-state index is 13.8. The molecule has 7 heteroatoms. The molecule has 1 atom stereocenters. The summed E-state index contributed by atoms with van der Waals surface area (Å²) in [6.07, 6.45) is 0.852. The van der Waals surface area contributed by atoms with Crippen molar-refractivity contribution in [1.29, 1.82) is 0 Å². The van der Waals surface area contributed by atoms with Crippen molar-refractivity contribution in [1.82, 2.24) is 10.2 Å². The van der Waals surface area contributed by atoms with Crippen molar-refractivity contribution in [2.75, 3.05) is 10.7 Å². The fourth-order valence-electron chi connectivity index (χ4n) is 3.15. The number of fused-ring (bicyclic) bond motifs is 1. The molecule has 5 nitrogen and oxygen atoms in total. The van der Waals surface area contributed by atoms with Crippen LogP contribution in [0.5, 0.6) is 0 Å². The van der Waals surface area contributed by atoms with Crippen molar-refractivity contribution in [3.05, 3.63) is 59.9 Å². The summed E-state index contributed by atoms with van der Waals surface area (Å²) in [5, 5.41) is 8.02. The molecule has 1 aromatic heterocycles. The van der Waals surface area contributed by atoms with Gasteiger partial charge >= 0.3 is 0 Å². The van der Waals surface area contributed by atoms with E-state index in [4.69, 9.17) is 4.42 Å². The van der Waals surface area contributed by atoms with Crippen molar-refractivity contribution >= 4 is 23.4 Å². The monoisotopic (exact) mass is 369 g/mol. The number of para-hydroxylation sites is 1. The van der Waals surface area contributed by atoms with E-state index in [2.05, 4.69) is 10.2 Å². The van der Waals surface area contributed by atoms with Gasteiger partial charge in [0.25, 0.3) is 11.1 Å². The van der Waals surface area contributed by atoms with Crippen LogP contribution in [0.4, 0.5) is 10.1 Å². The highest BCUT2D eigenvalue weighted by molar-refractivity contribution is 7.99. The van der Waals surface area contributed by atoms with E-state index in [-0.39, 0.29) is 34.4 Å². The molecule has 3 aromatic rings. The van der Waals surface area contributed by atoms with Crippen molar-refractivity contribution in [2.24, 2.45) is 0 Å². The van der Waals surface area contributed by atoms with E-state index < -0.39 is 5.82 Å². The molecule has 4 rings (SSSR count). The predicted molar refractivity (Wildman–Crippen MR) is 97.5 cm³/mol. The molecule has 26 heavy (non-hydrogen) atoms. The summed E-state index contributed by atoms with van der Waals surface area (Å²) in [7, 11) is 0. The lowest BCUT2D eigenvalue weighted by Crippen LogP contribution is -2.36. The number of carbonyl (C=O) groups excluding carboxylic acids is 1. The molecule has 2 aromatic carbocycles. The molecular weight excluding hydrogens is 353 g/mol. The Bertz CT molecular complexity index is 959. The number of amides is 1. The Labute approximate surface area is 154 Å². The summed E-state index contributed by atoms with van der Waals surface area (Å²) in [6, 6.07) is 14.3. The summed E-state index contributed by atoms with van der Waals surface area (Å²) in [4.78, 5) is 14.5. The Kier molecular flexibility index (Phi) is 4.46. The van der Waals surface area contributed by atoms with Gasteiger partial charge in [0.2, 0.25) is 5.91 Å². The van der Waals surface area contributed by atoms with Gasteiger partial charge in [0.15, 0.2) is 0 Å². The van der Waals surface area contributed by atoms with Gasteiger partial charge in [-0.3, -0.25) is 4.79 Å². The lowest BCUT2D eigenvalue weighted by atomic mass is 10.1. The van der Waals surface area contributed by atoms with Crippen LogP contribution in [0.2, 0.25) is 0 Å². The predicted octanol–water partition coefficient (Wildman–Crippen LogP) is 3.95. The molecule has 132 valence electrons. The fraction of sp³-hybridized carbons (Fsp3) is 0.211. The van der Waals surface area contributed by atoms with Crippen LogP contribution in [0.25, 0.3) is 11.5 Å². The van der Waals surface area contributed by atoms with E-state index in [9.17, 15) is 9.18 Å². The molecule has 0 bridgehead atoms. The van der Waals surface area contributed by atoms with Gasteiger partial charge in [0.05, 0.1) is 11.3 Å². The number of nitrogens with zero attached hydrogens (tertiary/aromatic N) is 3. The van der Waals surface area contributed by atoms with E-state index >= 15 is 0 Å². The van der Waals surface area contributed by atoms with Crippen LogP contribution in [0, 0.1) is 5.82 Å². The van der Waals surface area contributed by atoms with Crippen LogP contribution in [-0.2, 0) is 11.2 Å². The molecule has 0 saturated heterocycles. The highest BCUT2D eigenvalue weighted by Crippen LogP contribution is 2.33. The molecule has 1 aliphatic heterocycles. The van der Waals surface area contributed by atoms with E-state index in [0.29, 0.717) is 0 Å². The number of hydrogen-bond donors (Lipinski definition) is 0. The minimum absolute atomic E-state index is 0.0157. The van der Waals surface area contributed by atoms with E-state index in [1.54, 1.807) is 18.2 Å². The summed E-state index contributed by atoms with van der Waals surface area (Å²) in [5.74, 6) is -0.153. The summed E-state index contributed by atoms with van der Waals surface area (Å²) in [5.41, 5.74) is 2.39. The Morgan fingerprint density at radius 1 is 1.23 bits per heavy atom. The fourth-order valence-corrected chi connectivity index (χ4v) is 3.77. The zero-order valence-electron chi connectivity index (χ0n) is 14.1. The zero-order valence-corrected chi connectivity index (χ0v) is 14.9. The topological polar surface area (TPSA) is 59.2 Å². The molecule has 0 aliphatic carbocycles. The lowest BCUT2D eigenvalue weighted by molar-refractivity contribution is -0.116. The van der Waals surface area contributed by atoms with Crippen molar-refractivity contribution in [2.45, 2.75) is 24.6 Å². The maximum absolute atomic E-state index is 13.8. The summed E-state index contributed by atoms with van der Waals surface area (Å²) in [6.45, 7) is 2.03. The van der Waals surface area contributed by atoms with E-state index in [1.165, 1.54) is 11.6 Å². The second-order valence-corrected chi connectivity index (χ2v) is 7.01. The third kappa shape index (κ3) is 3.10. The number of halogens is 1. The zero-order chi connectivity index (χ0) is 18.1. The minimum atomic E-state index is -0.425. The molecule has 0 saturated carbocycles. The largest absolute Gasteiger partial charge is 0.411 e. The SMILES string of the molecule is CC1Cc2ccccc2N1C(=O)CSc1nnc(-c2ccccc2F)o1. The number of carbonyl (C=O) groups is 1. The molecule has 2 heterocycles. The van der Waals surface area contributed by atoms with E-state index in [1.807, 2.05) is 36.1 Å². The quantitative estimate of drug-likeness (QED) is 0.652. The first-order chi connectivity index (χ1) is 12.6. The molecule has 1 amide bonds. The van der Waals surface area contributed by atoms with Gasteiger partial charge in [-0.15, -0.1) is 10.2 Å². The molecule has 1 aliphatic rings. The number of hydrogen-bond acceptors (Lipinski definition) is 5. The molecule has 0 fully saturated rings. The lowest BCUT2D eigenvalue weighted by Gasteiger charge is -2.22. The highest BCUT2D eigenvalue weighted by Gasteiger charge is 2.30. The van der Waals surface area contributed by atoms with Gasteiger partial charge in [-0.05, 0) is 37.1 Å². The van der Waals surface area contributed by atoms with Crippen molar-refractivity contribution in [3.8, 4) is 11.5 Å². The number of rotatable bonds is 4. The minimum Gasteiger partial charge on any atom is -0.411 e. The Morgan fingerprint density at radius 2 is 2.00 bits per heavy atom. The van der Waals surface area contributed by atoms with Crippen LogP contribution in [0.15, 0.2) is 58.2 Å². The number of anilines is 1. The standard InChI is InChI=1S/C19H16FN3O2S/c1-12-10-13-6-2-5-9-16(13)23(12)17(24)11-26-19-22-21-18(25-19)14-7-3-4-8-15(14)20/h2-9,12H,10-11H2,1H3. The van der Waals surface area contributed by atoms with Gasteiger partial charge in [0.1, 0.15) is 5.82 Å². The Morgan fingerprint density at radius 3 is 2.85 bits per heavy atom. The Hall–Kier alpha value is -2.67. The number of aromatic nitrogens is 2. The normalized spacial score (nSPS) is 15.9. The van der Waals surface area contributed by atoms with E-state index in [0.717, 1.165) is 23.9 Å². The highest BCUT2D eigenvalue weighted by atomic mass is 32.2. The third-order valence-electron chi connectivity index (χ3n) is 4.31. The second kappa shape index (κ2) is 6.92. The molecule has 0 radical (unpaired) electrons. The van der Waals surface area contributed by atoms with Crippen LogP contribution in [0.3, 0.4) is 0 Å². The summed E-state index contributed by atoms with van der Waals surface area (Å²) < 4.78 is 19.3. The Balaban J connectivity index is 1.45. The number of benzene rings is 2. The average molecular weight is 369 g/mol. The van der Waals surface area contributed by atoms with Gasteiger partial charge in [-0.25, -0.2) is 4.39 Å². The van der Waals surface area contributed by atoms with Crippen LogP contribution in [0.1, 0.15) is 12.5 Å². The number of thioether (sulfide) groups is 1. The average Bonchev–Trinajstić information content (AvgIpc) is 3.23. The third-order valence-corrected chi connectivity index (χ3v) is 5.11. The van der Waals surface area contributed by atoms with Crippen LogP contribution >= 0.6 is 11.8 Å². The van der Waals surface area contributed by atoms with Crippen molar-refractivity contribution in [3.63, 3.8) is 0 Å². The smallest absolute Gasteiger partial charge is 0.277 e. The van der Waals surface area contributed by atoms with Gasteiger partial charge in [-0.2, -0.15) is 0 Å². The first-order valence-corrected chi connectivity index (χ1v) is 9.23. The first-order valence-electron chi connectivity index (χ1n) is 8.24. The van der Waals surface area contributed by atoms with Crippen LogP contribution < -0.4 is 4.90 Å².